The number of sulfonamides is 1. The zero-order valence-corrected chi connectivity index (χ0v) is 17.9. The van der Waals surface area contributed by atoms with Crippen LogP contribution in [0.5, 0.6) is 0 Å². The van der Waals surface area contributed by atoms with Crippen molar-refractivity contribution in [1.29, 1.82) is 0 Å². The standard InChI is InChI=1S/C20H20ClN3O5S/c1-23(2)30(27,28)17-8-10-20(26)24(12-17)13-19(25)22-11-16-7-9-18(29-16)14-3-5-15(21)6-4-14/h3-10,12H,11,13H2,1-2H3,(H,22,25). The van der Waals surface area contributed by atoms with Gasteiger partial charge in [0.2, 0.25) is 15.9 Å². The number of carbonyl (C=O) groups excluding carboxylic acids is 1. The van der Waals surface area contributed by atoms with Gasteiger partial charge in [-0.25, -0.2) is 12.7 Å². The molecule has 0 spiro atoms. The third-order valence-electron chi connectivity index (χ3n) is 4.30. The average molecular weight is 450 g/mol. The van der Waals surface area contributed by atoms with Crippen molar-refractivity contribution in [3.05, 3.63) is 75.9 Å². The molecule has 0 unspecified atom stereocenters. The lowest BCUT2D eigenvalue weighted by Gasteiger charge is -2.13. The van der Waals surface area contributed by atoms with Gasteiger partial charge in [-0.15, -0.1) is 0 Å². The number of benzene rings is 1. The van der Waals surface area contributed by atoms with Crippen LogP contribution in [0.15, 0.2) is 68.8 Å². The first-order chi connectivity index (χ1) is 14.2. The minimum Gasteiger partial charge on any atom is -0.459 e. The average Bonchev–Trinajstić information content (AvgIpc) is 3.17. The molecule has 0 radical (unpaired) electrons. The van der Waals surface area contributed by atoms with Crippen LogP contribution in [0, 0.1) is 0 Å². The molecule has 1 aromatic carbocycles. The number of halogens is 1. The molecule has 3 aromatic rings. The number of hydrogen-bond donors (Lipinski definition) is 1. The number of nitrogens with zero attached hydrogens (tertiary/aromatic N) is 2. The highest BCUT2D eigenvalue weighted by Crippen LogP contribution is 2.23. The molecule has 0 saturated carbocycles. The van der Waals surface area contributed by atoms with Gasteiger partial charge in [0, 0.05) is 36.9 Å². The minimum atomic E-state index is -3.71. The predicted octanol–water partition coefficient (Wildman–Crippen LogP) is 2.33. The number of furan rings is 1. The molecule has 8 nitrogen and oxygen atoms in total. The molecule has 30 heavy (non-hydrogen) atoms. The largest absolute Gasteiger partial charge is 0.459 e. The third kappa shape index (κ3) is 4.99. The summed E-state index contributed by atoms with van der Waals surface area (Å²) in [5.41, 5.74) is 0.369. The van der Waals surface area contributed by atoms with Gasteiger partial charge in [0.15, 0.2) is 0 Å². The molecular weight excluding hydrogens is 430 g/mol. The van der Waals surface area contributed by atoms with Gasteiger partial charge in [-0.3, -0.25) is 9.59 Å². The van der Waals surface area contributed by atoms with Gasteiger partial charge in [0.1, 0.15) is 18.1 Å². The van der Waals surface area contributed by atoms with Crippen LogP contribution in [-0.2, 0) is 27.9 Å². The summed E-state index contributed by atoms with van der Waals surface area (Å²) in [6, 6.07) is 13.0. The molecule has 0 aliphatic rings. The summed E-state index contributed by atoms with van der Waals surface area (Å²) < 4.78 is 32.2. The lowest BCUT2D eigenvalue weighted by molar-refractivity contribution is -0.122. The second-order valence-corrected chi connectivity index (χ2v) is 9.26. The van der Waals surface area contributed by atoms with Gasteiger partial charge in [0.05, 0.1) is 11.4 Å². The van der Waals surface area contributed by atoms with Crippen LogP contribution in [-0.4, -0.2) is 37.3 Å². The number of rotatable bonds is 7. The highest BCUT2D eigenvalue weighted by atomic mass is 35.5. The predicted molar refractivity (Wildman–Crippen MR) is 113 cm³/mol. The van der Waals surface area contributed by atoms with Crippen LogP contribution in [0.3, 0.4) is 0 Å². The van der Waals surface area contributed by atoms with E-state index in [2.05, 4.69) is 5.32 Å². The fraction of sp³-hybridized carbons (Fsp3) is 0.200. The van der Waals surface area contributed by atoms with E-state index in [-0.39, 0.29) is 18.0 Å². The zero-order chi connectivity index (χ0) is 21.9. The Morgan fingerprint density at radius 3 is 2.47 bits per heavy atom. The molecule has 0 fully saturated rings. The number of carbonyl (C=O) groups is 1. The normalized spacial score (nSPS) is 11.6. The van der Waals surface area contributed by atoms with Crippen molar-refractivity contribution in [1.82, 2.24) is 14.2 Å². The number of nitrogens with one attached hydrogen (secondary N) is 1. The Kier molecular flexibility index (Phi) is 6.45. The van der Waals surface area contributed by atoms with Gasteiger partial charge in [0.25, 0.3) is 5.56 Å². The molecule has 2 aromatic heterocycles. The lowest BCUT2D eigenvalue weighted by Crippen LogP contribution is -2.32. The van der Waals surface area contributed by atoms with Crippen molar-refractivity contribution < 1.29 is 17.6 Å². The first-order valence-corrected chi connectivity index (χ1v) is 10.7. The van der Waals surface area contributed by atoms with E-state index in [0.717, 1.165) is 26.7 Å². The maximum Gasteiger partial charge on any atom is 0.251 e. The van der Waals surface area contributed by atoms with Crippen molar-refractivity contribution in [2.24, 2.45) is 0 Å². The fourth-order valence-corrected chi connectivity index (χ4v) is 3.68. The second kappa shape index (κ2) is 8.86. The van der Waals surface area contributed by atoms with E-state index in [0.29, 0.717) is 16.5 Å². The van der Waals surface area contributed by atoms with E-state index >= 15 is 0 Å². The van der Waals surface area contributed by atoms with E-state index in [1.165, 1.54) is 20.2 Å². The molecule has 0 atom stereocenters. The Labute approximate surface area is 178 Å². The number of amides is 1. The molecular formula is C20H20ClN3O5S. The Morgan fingerprint density at radius 2 is 1.80 bits per heavy atom. The van der Waals surface area contributed by atoms with Crippen LogP contribution in [0.1, 0.15) is 5.76 Å². The quantitative estimate of drug-likeness (QED) is 0.596. The number of pyridine rings is 1. The first-order valence-electron chi connectivity index (χ1n) is 8.91. The van der Waals surface area contributed by atoms with Crippen LogP contribution in [0.4, 0.5) is 0 Å². The summed E-state index contributed by atoms with van der Waals surface area (Å²) >= 11 is 5.88. The second-order valence-electron chi connectivity index (χ2n) is 6.67. The van der Waals surface area contributed by atoms with Crippen LogP contribution in [0.25, 0.3) is 11.3 Å². The highest BCUT2D eigenvalue weighted by molar-refractivity contribution is 7.89. The molecule has 158 valence electrons. The summed E-state index contributed by atoms with van der Waals surface area (Å²) in [4.78, 5) is 24.2. The maximum absolute atomic E-state index is 12.3. The third-order valence-corrected chi connectivity index (χ3v) is 6.35. The lowest BCUT2D eigenvalue weighted by atomic mass is 10.2. The van der Waals surface area contributed by atoms with Gasteiger partial charge in [-0.05, 0) is 42.5 Å². The van der Waals surface area contributed by atoms with Crippen molar-refractivity contribution in [2.45, 2.75) is 18.0 Å². The highest BCUT2D eigenvalue weighted by Gasteiger charge is 2.18. The zero-order valence-electron chi connectivity index (χ0n) is 16.3. The smallest absolute Gasteiger partial charge is 0.251 e. The number of hydrogen-bond acceptors (Lipinski definition) is 5. The van der Waals surface area contributed by atoms with Gasteiger partial charge < -0.3 is 14.3 Å². The summed E-state index contributed by atoms with van der Waals surface area (Å²) in [6.07, 6.45) is 1.16. The molecule has 0 saturated heterocycles. The van der Waals surface area contributed by atoms with E-state index in [9.17, 15) is 18.0 Å². The fourth-order valence-electron chi connectivity index (χ4n) is 2.63. The molecule has 1 amide bonds. The molecule has 0 aliphatic carbocycles. The Balaban J connectivity index is 1.65. The molecule has 0 aliphatic heterocycles. The summed E-state index contributed by atoms with van der Waals surface area (Å²) in [5, 5.41) is 3.28. The van der Waals surface area contributed by atoms with Gasteiger partial charge >= 0.3 is 0 Å². The topological polar surface area (TPSA) is 102 Å². The van der Waals surface area contributed by atoms with E-state index in [1.54, 1.807) is 24.3 Å². The van der Waals surface area contributed by atoms with Crippen molar-refractivity contribution in [2.75, 3.05) is 14.1 Å². The molecule has 1 N–H and O–H groups in total. The van der Waals surface area contributed by atoms with Gasteiger partial charge in [-0.2, -0.15) is 0 Å². The van der Waals surface area contributed by atoms with Crippen molar-refractivity contribution >= 4 is 27.5 Å². The Morgan fingerprint density at radius 1 is 1.10 bits per heavy atom. The monoisotopic (exact) mass is 449 g/mol. The van der Waals surface area contributed by atoms with E-state index in [4.69, 9.17) is 16.0 Å². The Bertz CT molecular complexity index is 1210. The van der Waals surface area contributed by atoms with Crippen LogP contribution in [0.2, 0.25) is 5.02 Å². The minimum absolute atomic E-state index is 0.0708. The van der Waals surface area contributed by atoms with Crippen molar-refractivity contribution in [3.8, 4) is 11.3 Å². The summed E-state index contributed by atoms with van der Waals surface area (Å²) in [7, 11) is -0.939. The van der Waals surface area contributed by atoms with Crippen LogP contribution >= 0.6 is 11.6 Å². The SMILES string of the molecule is CN(C)S(=O)(=O)c1ccc(=O)n(CC(=O)NCc2ccc(-c3ccc(Cl)cc3)o2)c1. The van der Waals surface area contributed by atoms with Crippen molar-refractivity contribution in [3.63, 3.8) is 0 Å². The van der Waals surface area contributed by atoms with E-state index in [1.807, 2.05) is 12.1 Å². The summed E-state index contributed by atoms with van der Waals surface area (Å²) in [5.74, 6) is 0.708. The molecule has 3 rings (SSSR count). The van der Waals surface area contributed by atoms with Crippen LogP contribution < -0.4 is 10.9 Å². The maximum atomic E-state index is 12.3. The van der Waals surface area contributed by atoms with Gasteiger partial charge in [-0.1, -0.05) is 11.6 Å². The number of aromatic nitrogens is 1. The van der Waals surface area contributed by atoms with E-state index < -0.39 is 21.5 Å². The summed E-state index contributed by atoms with van der Waals surface area (Å²) in [6.45, 7) is -0.197. The molecule has 10 heteroatoms. The molecule has 2 heterocycles. The molecule has 0 bridgehead atoms. The Hall–Kier alpha value is -2.88. The first kappa shape index (κ1) is 21.8.